The molecule has 1 aliphatic rings. The van der Waals surface area contributed by atoms with Gasteiger partial charge in [0.2, 0.25) is 0 Å². The average molecular weight is 626 g/mol. The van der Waals surface area contributed by atoms with Crippen molar-refractivity contribution < 1.29 is 28.9 Å². The number of ether oxygens (including phenoxy) is 2. The van der Waals surface area contributed by atoms with Crippen LogP contribution in [0.5, 0.6) is 11.5 Å². The number of aliphatic hydroxyl groups excluding tert-OH is 1. The summed E-state index contributed by atoms with van der Waals surface area (Å²) in [4.78, 5) is 25.3. The summed E-state index contributed by atoms with van der Waals surface area (Å²) >= 11 is 6.74. The molecule has 45 heavy (non-hydrogen) atoms. The van der Waals surface area contributed by atoms with Gasteiger partial charge in [-0.05, 0) is 52.9 Å². The molecular formula is C36H32ClNO7. The molecule has 2 N–H and O–H groups in total. The number of carboxylic acid groups (broad SMARTS) is 1. The Morgan fingerprint density at radius 3 is 2.51 bits per heavy atom. The van der Waals surface area contributed by atoms with Crippen LogP contribution in [0.25, 0.3) is 22.1 Å². The van der Waals surface area contributed by atoms with Gasteiger partial charge >= 0.3 is 11.6 Å². The lowest BCUT2D eigenvalue weighted by atomic mass is 9.97. The van der Waals surface area contributed by atoms with Crippen molar-refractivity contribution in [2.75, 3.05) is 6.54 Å². The fourth-order valence-corrected chi connectivity index (χ4v) is 6.00. The van der Waals surface area contributed by atoms with Crippen molar-refractivity contribution in [1.82, 2.24) is 4.90 Å². The van der Waals surface area contributed by atoms with Crippen molar-refractivity contribution in [1.29, 1.82) is 0 Å². The zero-order valence-corrected chi connectivity index (χ0v) is 25.4. The van der Waals surface area contributed by atoms with Crippen molar-refractivity contribution >= 4 is 28.5 Å². The number of likely N-dealkylation sites (tertiary alicyclic amines) is 1. The van der Waals surface area contributed by atoms with Gasteiger partial charge in [0.05, 0.1) is 11.1 Å². The molecule has 1 aromatic heterocycles. The van der Waals surface area contributed by atoms with Crippen molar-refractivity contribution in [3.05, 3.63) is 129 Å². The highest BCUT2D eigenvalue weighted by Crippen LogP contribution is 2.36. The summed E-state index contributed by atoms with van der Waals surface area (Å²) in [5, 5.41) is 21.1. The molecular weight excluding hydrogens is 594 g/mol. The molecule has 1 saturated heterocycles. The van der Waals surface area contributed by atoms with E-state index in [1.54, 1.807) is 29.2 Å². The fraction of sp³-hybridized carbons (Fsp3) is 0.222. The number of β-amino-alcohol motifs (C(OH)–C–C–N with tert-alkyl or cyclic N) is 1. The van der Waals surface area contributed by atoms with Gasteiger partial charge in [-0.1, -0.05) is 72.3 Å². The van der Waals surface area contributed by atoms with E-state index in [1.807, 2.05) is 42.5 Å². The Morgan fingerprint density at radius 2 is 1.71 bits per heavy atom. The van der Waals surface area contributed by atoms with Gasteiger partial charge in [0, 0.05) is 42.6 Å². The Balaban J connectivity index is 1.28. The fourth-order valence-electron chi connectivity index (χ4n) is 5.76. The highest BCUT2D eigenvalue weighted by Gasteiger charge is 2.36. The molecule has 2 heterocycles. The quantitative estimate of drug-likeness (QED) is 0.167. The second-order valence-electron chi connectivity index (χ2n) is 11.2. The minimum absolute atomic E-state index is 0.143. The van der Waals surface area contributed by atoms with Crippen LogP contribution in [0, 0.1) is 6.92 Å². The lowest BCUT2D eigenvalue weighted by molar-refractivity contribution is -0.142. The summed E-state index contributed by atoms with van der Waals surface area (Å²) in [6, 6.07) is 27.4. The molecule has 0 bridgehead atoms. The highest BCUT2D eigenvalue weighted by molar-refractivity contribution is 6.32. The maximum Gasteiger partial charge on any atom is 0.336 e. The van der Waals surface area contributed by atoms with Gasteiger partial charge in [-0.25, -0.2) is 4.79 Å². The number of aliphatic carboxylic acids is 1. The van der Waals surface area contributed by atoms with Crippen LogP contribution in [0.4, 0.5) is 0 Å². The first-order valence-corrected chi connectivity index (χ1v) is 15.0. The van der Waals surface area contributed by atoms with Gasteiger partial charge < -0.3 is 24.1 Å². The first-order valence-electron chi connectivity index (χ1n) is 14.6. The van der Waals surface area contributed by atoms with Gasteiger partial charge in [0.1, 0.15) is 36.3 Å². The minimum Gasteiger partial charge on any atom is -0.488 e. The molecule has 0 unspecified atom stereocenters. The van der Waals surface area contributed by atoms with E-state index in [1.165, 1.54) is 6.07 Å². The minimum atomic E-state index is -0.995. The van der Waals surface area contributed by atoms with Crippen LogP contribution in [-0.2, 0) is 24.6 Å². The average Bonchev–Trinajstić information content (AvgIpc) is 3.41. The van der Waals surface area contributed by atoms with E-state index in [2.05, 4.69) is 25.1 Å². The molecule has 0 amide bonds. The highest BCUT2D eigenvalue weighted by atomic mass is 35.5. The topological polar surface area (TPSA) is 109 Å². The number of halogens is 1. The molecule has 6 rings (SSSR count). The number of hydrogen-bond acceptors (Lipinski definition) is 7. The van der Waals surface area contributed by atoms with E-state index in [0.717, 1.165) is 33.2 Å². The Morgan fingerprint density at radius 1 is 0.933 bits per heavy atom. The number of carboxylic acids is 1. The number of hydrogen-bond donors (Lipinski definition) is 2. The summed E-state index contributed by atoms with van der Waals surface area (Å²) in [6.07, 6.45) is -0.597. The van der Waals surface area contributed by atoms with Crippen molar-refractivity contribution in [2.24, 2.45) is 0 Å². The Hall–Kier alpha value is -4.63. The smallest absolute Gasteiger partial charge is 0.336 e. The summed E-state index contributed by atoms with van der Waals surface area (Å²) in [6.45, 7) is 2.90. The second-order valence-corrected chi connectivity index (χ2v) is 11.6. The standard InChI is InChI=1S/C36H32ClNO7/c1-22-26(8-5-9-29(22)24-6-3-2-4-7-24)21-44-34-17-32(43-20-23-10-11-25-12-13-35(40)45-33(25)14-23)27(15-30(34)37)18-38-19-28(39)16-31(38)36(41)42/h2-15,17,28,31,39H,16,18-21H2,1H3,(H,41,42)/t28-,31-/m1/s1. The summed E-state index contributed by atoms with van der Waals surface area (Å²) in [7, 11) is 0. The van der Waals surface area contributed by atoms with Crippen LogP contribution in [0.15, 0.2) is 100 Å². The molecule has 5 aromatic rings. The van der Waals surface area contributed by atoms with Gasteiger partial charge in [0.25, 0.3) is 0 Å². The molecule has 1 fully saturated rings. The number of fused-ring (bicyclic) bond motifs is 1. The molecule has 0 radical (unpaired) electrons. The molecule has 0 saturated carbocycles. The van der Waals surface area contributed by atoms with Crippen LogP contribution in [0.2, 0.25) is 5.02 Å². The predicted octanol–water partition coefficient (Wildman–Crippen LogP) is 6.60. The van der Waals surface area contributed by atoms with Crippen molar-refractivity contribution in [2.45, 2.75) is 45.2 Å². The molecule has 1 aliphatic heterocycles. The summed E-state index contributed by atoms with van der Waals surface area (Å²) in [5.74, 6) is -0.115. The predicted molar refractivity (Wildman–Crippen MR) is 172 cm³/mol. The van der Waals surface area contributed by atoms with E-state index < -0.39 is 23.7 Å². The largest absolute Gasteiger partial charge is 0.488 e. The third kappa shape index (κ3) is 6.88. The summed E-state index contributed by atoms with van der Waals surface area (Å²) in [5.41, 5.74) is 5.79. The second kappa shape index (κ2) is 13.2. The zero-order chi connectivity index (χ0) is 31.5. The normalized spacial score (nSPS) is 16.6. The maximum atomic E-state index is 11.9. The Kier molecular flexibility index (Phi) is 8.89. The van der Waals surface area contributed by atoms with Gasteiger partial charge in [-0.3, -0.25) is 9.69 Å². The van der Waals surface area contributed by atoms with E-state index in [-0.39, 0.29) is 32.7 Å². The molecule has 2 atom stereocenters. The molecule has 4 aromatic carbocycles. The molecule has 0 spiro atoms. The lowest BCUT2D eigenvalue weighted by Crippen LogP contribution is -2.35. The van der Waals surface area contributed by atoms with Crippen LogP contribution in [-0.4, -0.2) is 39.8 Å². The first kappa shape index (κ1) is 30.4. The van der Waals surface area contributed by atoms with Gasteiger partial charge in [-0.15, -0.1) is 0 Å². The number of aliphatic hydroxyl groups is 1. The van der Waals surface area contributed by atoms with E-state index >= 15 is 0 Å². The zero-order valence-electron chi connectivity index (χ0n) is 24.6. The van der Waals surface area contributed by atoms with Gasteiger partial charge in [-0.2, -0.15) is 0 Å². The maximum absolute atomic E-state index is 11.9. The lowest BCUT2D eigenvalue weighted by Gasteiger charge is -2.23. The number of benzene rings is 4. The molecule has 0 aliphatic carbocycles. The van der Waals surface area contributed by atoms with E-state index in [9.17, 15) is 19.8 Å². The molecule has 230 valence electrons. The van der Waals surface area contributed by atoms with E-state index in [4.69, 9.17) is 25.5 Å². The van der Waals surface area contributed by atoms with Gasteiger partial charge in [0.15, 0.2) is 0 Å². The Bertz CT molecular complexity index is 1910. The summed E-state index contributed by atoms with van der Waals surface area (Å²) < 4.78 is 17.9. The SMILES string of the molecule is Cc1c(COc2cc(OCc3ccc4ccc(=O)oc4c3)c(CN3C[C@H](O)C[C@@H]3C(=O)O)cc2Cl)cccc1-c1ccccc1. The Labute approximate surface area is 265 Å². The van der Waals surface area contributed by atoms with E-state index in [0.29, 0.717) is 27.7 Å². The van der Waals surface area contributed by atoms with Crippen LogP contribution in [0.1, 0.15) is 28.7 Å². The van der Waals surface area contributed by atoms with Crippen molar-refractivity contribution in [3.63, 3.8) is 0 Å². The first-order chi connectivity index (χ1) is 21.7. The monoisotopic (exact) mass is 625 g/mol. The van der Waals surface area contributed by atoms with Crippen LogP contribution >= 0.6 is 11.6 Å². The third-order valence-electron chi connectivity index (χ3n) is 8.15. The number of carbonyl (C=O) groups is 1. The van der Waals surface area contributed by atoms with Crippen LogP contribution in [0.3, 0.4) is 0 Å². The molecule has 9 heteroatoms. The van der Waals surface area contributed by atoms with Crippen LogP contribution < -0.4 is 15.1 Å². The number of rotatable bonds is 10. The number of nitrogens with zero attached hydrogens (tertiary/aromatic N) is 1. The molecule has 8 nitrogen and oxygen atoms in total. The van der Waals surface area contributed by atoms with Crippen molar-refractivity contribution in [3.8, 4) is 22.6 Å². The third-order valence-corrected chi connectivity index (χ3v) is 8.45.